The van der Waals surface area contributed by atoms with Crippen LogP contribution in [0.2, 0.25) is 0 Å². The number of aryl methyl sites for hydroxylation is 1. The molecule has 0 saturated carbocycles. The van der Waals surface area contributed by atoms with Gasteiger partial charge in [0.1, 0.15) is 13.2 Å². The van der Waals surface area contributed by atoms with E-state index in [-0.39, 0.29) is 28.9 Å². The first kappa shape index (κ1) is 28.3. The van der Waals surface area contributed by atoms with Gasteiger partial charge in [-0.05, 0) is 42.9 Å². The Morgan fingerprint density at radius 2 is 1.77 bits per heavy atom. The molecule has 0 aromatic heterocycles. The number of thioether (sulfide) groups is 1. The molecule has 0 unspecified atom stereocenters. The van der Waals surface area contributed by atoms with Gasteiger partial charge in [-0.25, -0.2) is 0 Å². The van der Waals surface area contributed by atoms with Crippen LogP contribution >= 0.6 is 11.8 Å². The van der Waals surface area contributed by atoms with Gasteiger partial charge in [-0.3, -0.25) is 14.4 Å². The monoisotopic (exact) mass is 566 g/mol. The summed E-state index contributed by atoms with van der Waals surface area (Å²) < 4.78 is 12.0. The molecule has 0 aliphatic carbocycles. The molecule has 2 atom stereocenters. The molecule has 3 aliphatic rings. The lowest BCUT2D eigenvalue weighted by atomic mass is 9.93. The third-order valence-electron chi connectivity index (χ3n) is 7.67. The number of carbonyl (C=O) groups is 3. The topological polar surface area (TPSA) is 96.4 Å². The third kappa shape index (κ3) is 5.94. The zero-order valence-corrected chi connectivity index (χ0v) is 24.5. The van der Waals surface area contributed by atoms with Crippen molar-refractivity contribution in [1.82, 2.24) is 4.90 Å². The highest BCUT2D eigenvalue weighted by atomic mass is 32.2. The number of benzene rings is 2. The zero-order valence-electron chi connectivity index (χ0n) is 23.6. The summed E-state index contributed by atoms with van der Waals surface area (Å²) in [5.41, 5.74) is 3.72. The van der Waals surface area contributed by atoms with Crippen LogP contribution in [0.3, 0.4) is 0 Å². The zero-order chi connectivity index (χ0) is 28.6. The van der Waals surface area contributed by atoms with Crippen LogP contribution in [-0.2, 0) is 14.4 Å². The highest BCUT2D eigenvalue weighted by Crippen LogP contribution is 2.52. The molecule has 0 bridgehead atoms. The molecule has 5 rings (SSSR count). The number of nitrogens with zero attached hydrogens (tertiary/aromatic N) is 2. The van der Waals surface area contributed by atoms with E-state index in [1.54, 1.807) is 4.90 Å². The SMILES string of the molecule is Cc1ccc2c(c1)[C@H](c1cccc3c1OCCO3)S[C@@H](CC(=O)N1CCC(C(=O)O)CC1)C(=O)N2CC(C)(C)C. The largest absolute Gasteiger partial charge is 0.486 e. The minimum atomic E-state index is -0.812. The van der Waals surface area contributed by atoms with Gasteiger partial charge < -0.3 is 24.4 Å². The summed E-state index contributed by atoms with van der Waals surface area (Å²) in [4.78, 5) is 42.8. The first-order valence-corrected chi connectivity index (χ1v) is 14.9. The van der Waals surface area contributed by atoms with Crippen LogP contribution in [0.4, 0.5) is 5.69 Å². The molecule has 1 saturated heterocycles. The fourth-order valence-corrected chi connectivity index (χ4v) is 7.18. The average molecular weight is 567 g/mol. The second kappa shape index (κ2) is 11.4. The van der Waals surface area contributed by atoms with Crippen molar-refractivity contribution in [2.24, 2.45) is 11.3 Å². The molecule has 8 nitrogen and oxygen atoms in total. The van der Waals surface area contributed by atoms with Crippen LogP contribution in [0, 0.1) is 18.3 Å². The Morgan fingerprint density at radius 1 is 1.05 bits per heavy atom. The number of para-hydroxylation sites is 1. The molecule has 40 heavy (non-hydrogen) atoms. The predicted molar refractivity (Wildman–Crippen MR) is 155 cm³/mol. The molecular weight excluding hydrogens is 528 g/mol. The lowest BCUT2D eigenvalue weighted by Crippen LogP contribution is -2.45. The molecule has 3 aliphatic heterocycles. The van der Waals surface area contributed by atoms with Crippen molar-refractivity contribution in [1.29, 1.82) is 0 Å². The summed E-state index contributed by atoms with van der Waals surface area (Å²) >= 11 is 1.50. The van der Waals surface area contributed by atoms with Crippen LogP contribution in [0.1, 0.15) is 62.0 Å². The Balaban J connectivity index is 1.54. The molecule has 2 aromatic rings. The number of fused-ring (bicyclic) bond motifs is 2. The van der Waals surface area contributed by atoms with Gasteiger partial charge in [-0.15, -0.1) is 11.8 Å². The number of amides is 2. The molecule has 214 valence electrons. The second-order valence-electron chi connectivity index (χ2n) is 12.1. The maximum atomic E-state index is 14.3. The fraction of sp³-hybridized carbons (Fsp3) is 0.516. The van der Waals surface area contributed by atoms with Crippen LogP contribution in [0.5, 0.6) is 11.5 Å². The van der Waals surface area contributed by atoms with Crippen molar-refractivity contribution < 1.29 is 29.0 Å². The number of rotatable bonds is 5. The first-order chi connectivity index (χ1) is 19.0. The number of hydrogen-bond donors (Lipinski definition) is 1. The second-order valence-corrected chi connectivity index (χ2v) is 13.4. The molecule has 9 heteroatoms. The number of ether oxygens (including phenoxy) is 2. The highest BCUT2D eigenvalue weighted by Gasteiger charge is 2.41. The number of carbonyl (C=O) groups excluding carboxylic acids is 2. The van der Waals surface area contributed by atoms with Crippen LogP contribution in [0.25, 0.3) is 0 Å². The highest BCUT2D eigenvalue weighted by molar-refractivity contribution is 8.01. The fourth-order valence-electron chi connectivity index (χ4n) is 5.70. The summed E-state index contributed by atoms with van der Waals surface area (Å²) in [7, 11) is 0. The van der Waals surface area contributed by atoms with E-state index in [0.717, 1.165) is 22.4 Å². The average Bonchev–Trinajstić information content (AvgIpc) is 3.02. The quantitative estimate of drug-likeness (QED) is 0.540. The van der Waals surface area contributed by atoms with Gasteiger partial charge >= 0.3 is 5.97 Å². The third-order valence-corrected chi connectivity index (χ3v) is 9.14. The van der Waals surface area contributed by atoms with E-state index in [0.29, 0.717) is 57.2 Å². The van der Waals surface area contributed by atoms with Gasteiger partial charge in [0, 0.05) is 37.3 Å². The van der Waals surface area contributed by atoms with Gasteiger partial charge in [-0.1, -0.05) is 50.6 Å². The van der Waals surface area contributed by atoms with Gasteiger partial charge in [0.2, 0.25) is 11.8 Å². The molecule has 2 amide bonds. The van der Waals surface area contributed by atoms with Gasteiger partial charge in [0.15, 0.2) is 11.5 Å². The lowest BCUT2D eigenvalue weighted by Gasteiger charge is -2.33. The Hall–Kier alpha value is -3.20. The van der Waals surface area contributed by atoms with Crippen molar-refractivity contribution in [2.45, 2.75) is 57.5 Å². The summed E-state index contributed by atoms with van der Waals surface area (Å²) in [6.45, 7) is 10.6. The Morgan fingerprint density at radius 3 is 2.48 bits per heavy atom. The predicted octanol–water partition coefficient (Wildman–Crippen LogP) is 5.06. The van der Waals surface area contributed by atoms with E-state index in [4.69, 9.17) is 9.47 Å². The number of carboxylic acid groups (broad SMARTS) is 1. The maximum absolute atomic E-state index is 14.3. The van der Waals surface area contributed by atoms with Crippen LogP contribution in [0.15, 0.2) is 36.4 Å². The van der Waals surface area contributed by atoms with Gasteiger partial charge in [-0.2, -0.15) is 0 Å². The Labute approximate surface area is 240 Å². The summed E-state index contributed by atoms with van der Waals surface area (Å²) in [5, 5.41) is 8.49. The summed E-state index contributed by atoms with van der Waals surface area (Å²) in [5.74, 6) is -0.0448. The van der Waals surface area contributed by atoms with E-state index in [1.807, 2.05) is 42.2 Å². The van der Waals surface area contributed by atoms with Crippen molar-refractivity contribution >= 4 is 35.2 Å². The van der Waals surface area contributed by atoms with Gasteiger partial charge in [0.05, 0.1) is 16.4 Å². The minimum Gasteiger partial charge on any atom is -0.486 e. The van der Waals surface area contributed by atoms with Gasteiger partial charge in [0.25, 0.3) is 0 Å². The smallest absolute Gasteiger partial charge is 0.306 e. The van der Waals surface area contributed by atoms with Crippen molar-refractivity contribution in [2.75, 3.05) is 37.7 Å². The van der Waals surface area contributed by atoms with Crippen LogP contribution in [-0.4, -0.2) is 65.9 Å². The number of piperidine rings is 1. The molecule has 2 aromatic carbocycles. The van der Waals surface area contributed by atoms with Crippen molar-refractivity contribution in [3.63, 3.8) is 0 Å². The number of carboxylic acids is 1. The molecule has 0 spiro atoms. The number of aliphatic carboxylic acids is 1. The van der Waals surface area contributed by atoms with Crippen molar-refractivity contribution in [3.05, 3.63) is 53.1 Å². The van der Waals surface area contributed by atoms with Crippen LogP contribution < -0.4 is 14.4 Å². The molecule has 0 radical (unpaired) electrons. The van der Waals surface area contributed by atoms with E-state index < -0.39 is 17.1 Å². The molecule has 1 N–H and O–H groups in total. The first-order valence-electron chi connectivity index (χ1n) is 14.0. The Kier molecular flexibility index (Phi) is 8.04. The van der Waals surface area contributed by atoms with Crippen molar-refractivity contribution in [3.8, 4) is 11.5 Å². The van der Waals surface area contributed by atoms with E-state index in [1.165, 1.54) is 11.8 Å². The standard InChI is InChI=1S/C31H38N2O6S/c1-19-8-9-23-22(16-19)28(21-6-5-7-24-27(21)39-15-14-38-24)40-25(29(35)33(23)18-31(2,3)4)17-26(34)32-12-10-20(11-13-32)30(36)37/h5-9,16,20,25,28H,10-15,17-18H2,1-4H3,(H,36,37)/t25-,28-/m0/s1. The van der Waals surface area contributed by atoms with E-state index in [2.05, 4.69) is 26.8 Å². The van der Waals surface area contributed by atoms with E-state index in [9.17, 15) is 19.5 Å². The summed E-state index contributed by atoms with van der Waals surface area (Å²) in [6.07, 6.45) is 0.922. The molecule has 3 heterocycles. The van der Waals surface area contributed by atoms with E-state index >= 15 is 0 Å². The number of likely N-dealkylation sites (tertiary alicyclic amines) is 1. The Bertz CT molecular complexity index is 1300. The molecule has 1 fully saturated rings. The minimum absolute atomic E-state index is 0.0533. The lowest BCUT2D eigenvalue weighted by molar-refractivity contribution is -0.145. The normalized spacial score (nSPS) is 21.6. The number of hydrogen-bond acceptors (Lipinski definition) is 6. The maximum Gasteiger partial charge on any atom is 0.306 e. The molecular formula is C31H38N2O6S. The summed E-state index contributed by atoms with van der Waals surface area (Å²) in [6, 6.07) is 12.1. The number of anilines is 1.